The third-order valence-corrected chi connectivity index (χ3v) is 3.97. The second-order valence-corrected chi connectivity index (χ2v) is 5.87. The van der Waals surface area contributed by atoms with E-state index in [9.17, 15) is 9.59 Å². The van der Waals surface area contributed by atoms with Gasteiger partial charge in [0.15, 0.2) is 6.61 Å². The van der Waals surface area contributed by atoms with E-state index < -0.39 is 0 Å². The Bertz CT molecular complexity index is 756. The van der Waals surface area contributed by atoms with E-state index in [1.807, 2.05) is 63.2 Å². The van der Waals surface area contributed by atoms with Crippen LogP contribution in [0.5, 0.6) is 5.75 Å². The number of amides is 2. The Labute approximate surface area is 148 Å². The quantitative estimate of drug-likeness (QED) is 0.814. The zero-order valence-electron chi connectivity index (χ0n) is 14.9. The summed E-state index contributed by atoms with van der Waals surface area (Å²) in [7, 11) is 0. The molecule has 0 aromatic heterocycles. The molecule has 0 heterocycles. The predicted octanol–water partition coefficient (Wildman–Crippen LogP) is 3.00. The molecule has 0 atom stereocenters. The predicted molar refractivity (Wildman–Crippen MR) is 98.9 cm³/mol. The van der Waals surface area contributed by atoms with E-state index in [-0.39, 0.29) is 25.0 Å². The molecule has 2 aromatic carbocycles. The van der Waals surface area contributed by atoms with Gasteiger partial charge < -0.3 is 15.4 Å². The number of carbonyl (C=O) groups excluding carboxylic acids is 2. The lowest BCUT2D eigenvalue weighted by molar-refractivity contribution is -0.125. The Kier molecular flexibility index (Phi) is 6.57. The van der Waals surface area contributed by atoms with E-state index in [4.69, 9.17) is 4.74 Å². The van der Waals surface area contributed by atoms with Crippen LogP contribution in [0, 0.1) is 13.8 Å². The summed E-state index contributed by atoms with van der Waals surface area (Å²) in [6, 6.07) is 13.3. The number of aryl methyl sites for hydroxylation is 3. The number of carbonyl (C=O) groups is 2. The molecule has 132 valence electrons. The summed E-state index contributed by atoms with van der Waals surface area (Å²) in [5.74, 6) is 0.0390. The van der Waals surface area contributed by atoms with Crippen LogP contribution in [0.3, 0.4) is 0 Å². The minimum absolute atomic E-state index is 0.0901. The number of rotatable bonds is 7. The number of hydrogen-bond acceptors (Lipinski definition) is 3. The minimum Gasteiger partial charge on any atom is -0.484 e. The molecule has 2 rings (SSSR count). The summed E-state index contributed by atoms with van der Waals surface area (Å²) in [4.78, 5) is 23.8. The molecule has 0 aliphatic carbocycles. The molecule has 0 fully saturated rings. The minimum atomic E-state index is -0.336. The molecule has 2 amide bonds. The average molecular weight is 340 g/mol. The largest absolute Gasteiger partial charge is 0.484 e. The van der Waals surface area contributed by atoms with Gasteiger partial charge in [-0.15, -0.1) is 0 Å². The summed E-state index contributed by atoms with van der Waals surface area (Å²) >= 11 is 0. The Morgan fingerprint density at radius 3 is 2.48 bits per heavy atom. The molecule has 0 unspecified atom stereocenters. The first-order valence-electron chi connectivity index (χ1n) is 8.34. The molecule has 0 saturated heterocycles. The van der Waals surface area contributed by atoms with Gasteiger partial charge in [-0.2, -0.15) is 0 Å². The first-order chi connectivity index (χ1) is 12.0. The highest BCUT2D eigenvalue weighted by atomic mass is 16.5. The van der Waals surface area contributed by atoms with Crippen LogP contribution in [0.1, 0.15) is 23.6 Å². The highest BCUT2D eigenvalue weighted by molar-refractivity contribution is 5.95. The molecular formula is C20H24N2O3. The molecule has 0 saturated carbocycles. The number of benzene rings is 2. The molecule has 2 N–H and O–H groups in total. The molecule has 0 aliphatic heterocycles. The van der Waals surface area contributed by atoms with Crippen LogP contribution < -0.4 is 15.4 Å². The second kappa shape index (κ2) is 8.87. The zero-order valence-corrected chi connectivity index (χ0v) is 14.9. The number of anilines is 1. The fourth-order valence-corrected chi connectivity index (χ4v) is 2.33. The van der Waals surface area contributed by atoms with E-state index in [2.05, 4.69) is 10.6 Å². The molecule has 5 heteroatoms. The molecule has 0 spiro atoms. The molecule has 0 radical (unpaired) electrons. The van der Waals surface area contributed by atoms with Gasteiger partial charge in [-0.05, 0) is 55.2 Å². The first-order valence-corrected chi connectivity index (χ1v) is 8.34. The van der Waals surface area contributed by atoms with Gasteiger partial charge >= 0.3 is 0 Å². The van der Waals surface area contributed by atoms with Gasteiger partial charge in [-0.25, -0.2) is 0 Å². The maximum absolute atomic E-state index is 12.0. The average Bonchev–Trinajstić information content (AvgIpc) is 2.61. The van der Waals surface area contributed by atoms with Crippen molar-refractivity contribution in [1.82, 2.24) is 5.32 Å². The number of ether oxygens (including phenoxy) is 1. The van der Waals surface area contributed by atoms with Crippen molar-refractivity contribution in [2.45, 2.75) is 27.2 Å². The topological polar surface area (TPSA) is 67.4 Å². The Balaban J connectivity index is 1.77. The lowest BCUT2D eigenvalue weighted by Crippen LogP contribution is -2.35. The van der Waals surface area contributed by atoms with Crippen LogP contribution in [-0.4, -0.2) is 25.0 Å². The molecule has 0 bridgehead atoms. The van der Waals surface area contributed by atoms with E-state index >= 15 is 0 Å². The zero-order chi connectivity index (χ0) is 18.2. The molecule has 2 aromatic rings. The van der Waals surface area contributed by atoms with Crippen LogP contribution in [0.15, 0.2) is 42.5 Å². The van der Waals surface area contributed by atoms with Gasteiger partial charge in [-0.1, -0.05) is 31.2 Å². The Morgan fingerprint density at radius 1 is 1.00 bits per heavy atom. The summed E-state index contributed by atoms with van der Waals surface area (Å²) in [6.07, 6.45) is 0.826. The van der Waals surface area contributed by atoms with Crippen molar-refractivity contribution in [3.8, 4) is 5.75 Å². The van der Waals surface area contributed by atoms with Crippen molar-refractivity contribution in [3.05, 3.63) is 59.2 Å². The Hall–Kier alpha value is -2.82. The van der Waals surface area contributed by atoms with Crippen molar-refractivity contribution >= 4 is 17.5 Å². The molecular weight excluding hydrogens is 316 g/mol. The monoisotopic (exact) mass is 340 g/mol. The maximum Gasteiger partial charge on any atom is 0.258 e. The molecule has 5 nitrogen and oxygen atoms in total. The van der Waals surface area contributed by atoms with Gasteiger partial charge in [0.2, 0.25) is 5.91 Å². The lowest BCUT2D eigenvalue weighted by Gasteiger charge is -2.11. The number of nitrogens with one attached hydrogen (secondary N) is 2. The van der Waals surface area contributed by atoms with Crippen LogP contribution in [0.4, 0.5) is 5.69 Å². The standard InChI is InChI=1S/C20H24N2O3/c1-4-16-7-5-6-8-18(16)22-19(23)12-21-20(24)13-25-17-10-9-14(2)15(3)11-17/h5-11H,4,12-13H2,1-3H3,(H,21,24)(H,22,23). The van der Waals surface area contributed by atoms with Gasteiger partial charge in [0.1, 0.15) is 5.75 Å². The van der Waals surface area contributed by atoms with Crippen molar-refractivity contribution in [1.29, 1.82) is 0 Å². The SMILES string of the molecule is CCc1ccccc1NC(=O)CNC(=O)COc1ccc(C)c(C)c1. The van der Waals surface area contributed by atoms with E-state index in [0.29, 0.717) is 5.75 Å². The fourth-order valence-electron chi connectivity index (χ4n) is 2.33. The highest BCUT2D eigenvalue weighted by Crippen LogP contribution is 2.16. The maximum atomic E-state index is 12.0. The smallest absolute Gasteiger partial charge is 0.258 e. The Morgan fingerprint density at radius 2 is 1.76 bits per heavy atom. The van der Waals surface area contributed by atoms with Gasteiger partial charge in [0.05, 0.1) is 6.54 Å². The van der Waals surface area contributed by atoms with Gasteiger partial charge in [-0.3, -0.25) is 9.59 Å². The van der Waals surface area contributed by atoms with Gasteiger partial charge in [0.25, 0.3) is 5.91 Å². The first kappa shape index (κ1) is 18.5. The number of para-hydroxylation sites is 1. The van der Waals surface area contributed by atoms with Crippen molar-refractivity contribution in [2.75, 3.05) is 18.5 Å². The summed E-state index contributed by atoms with van der Waals surface area (Å²) < 4.78 is 5.45. The lowest BCUT2D eigenvalue weighted by atomic mass is 10.1. The van der Waals surface area contributed by atoms with Crippen molar-refractivity contribution in [3.63, 3.8) is 0 Å². The molecule has 0 aliphatic rings. The van der Waals surface area contributed by atoms with Crippen LogP contribution in [-0.2, 0) is 16.0 Å². The van der Waals surface area contributed by atoms with E-state index in [1.54, 1.807) is 0 Å². The van der Waals surface area contributed by atoms with Crippen LogP contribution >= 0.6 is 0 Å². The third-order valence-electron chi connectivity index (χ3n) is 3.97. The van der Waals surface area contributed by atoms with E-state index in [0.717, 1.165) is 23.2 Å². The second-order valence-electron chi connectivity index (χ2n) is 5.87. The summed E-state index contributed by atoms with van der Waals surface area (Å²) in [6.45, 7) is 5.81. The van der Waals surface area contributed by atoms with E-state index in [1.165, 1.54) is 5.56 Å². The van der Waals surface area contributed by atoms with Crippen molar-refractivity contribution < 1.29 is 14.3 Å². The fraction of sp³-hybridized carbons (Fsp3) is 0.300. The summed E-state index contributed by atoms with van der Waals surface area (Å²) in [5.41, 5.74) is 4.10. The van der Waals surface area contributed by atoms with Crippen LogP contribution in [0.25, 0.3) is 0 Å². The van der Waals surface area contributed by atoms with Crippen LogP contribution in [0.2, 0.25) is 0 Å². The van der Waals surface area contributed by atoms with Crippen molar-refractivity contribution in [2.24, 2.45) is 0 Å². The summed E-state index contributed by atoms with van der Waals surface area (Å²) in [5, 5.41) is 5.37. The normalized spacial score (nSPS) is 10.2. The third kappa shape index (κ3) is 5.64. The van der Waals surface area contributed by atoms with Gasteiger partial charge in [0, 0.05) is 5.69 Å². The number of hydrogen-bond donors (Lipinski definition) is 2. The highest BCUT2D eigenvalue weighted by Gasteiger charge is 2.08. The molecule has 25 heavy (non-hydrogen) atoms.